The van der Waals surface area contributed by atoms with Gasteiger partial charge in [0, 0.05) is 20.6 Å². The highest BCUT2D eigenvalue weighted by Gasteiger charge is 2.35. The summed E-state index contributed by atoms with van der Waals surface area (Å²) in [5, 5.41) is 2.77. The lowest BCUT2D eigenvalue weighted by Gasteiger charge is -2.30. The molecule has 1 aliphatic heterocycles. The van der Waals surface area contributed by atoms with Crippen LogP contribution in [0.1, 0.15) is 28.1 Å². The van der Waals surface area contributed by atoms with Gasteiger partial charge in [-0.1, -0.05) is 18.2 Å². The fourth-order valence-electron chi connectivity index (χ4n) is 3.94. The number of nitrogens with one attached hydrogen (secondary N) is 1. The average molecular weight is 555 g/mol. The van der Waals surface area contributed by atoms with Gasteiger partial charge in [-0.15, -0.1) is 0 Å². The minimum Gasteiger partial charge on any atom is -0.318 e. The fraction of sp³-hybridized carbons (Fsp3) is 0.160. The molecular weight excluding hydrogens is 533 g/mol. The van der Waals surface area contributed by atoms with Gasteiger partial charge >= 0.3 is 0 Å². The van der Waals surface area contributed by atoms with Crippen LogP contribution in [0.4, 0.5) is 5.69 Å². The second-order valence-electron chi connectivity index (χ2n) is 7.89. The van der Waals surface area contributed by atoms with Crippen molar-refractivity contribution in [3.63, 3.8) is 0 Å². The standard InChI is InChI=1S/C25H22IN3O2S/c1-14-8-9-15(2)22(10-14)29-24(31)21(23(30)27-25(29)32)12-18-11-16(3)28(17(18)4)20-7-5-6-19(26)13-20/h5-13H,1-4H3,(H,27,30,32)/b21-12+. The smallest absolute Gasteiger partial charge is 0.270 e. The van der Waals surface area contributed by atoms with Gasteiger partial charge in [0.1, 0.15) is 5.57 Å². The zero-order valence-corrected chi connectivity index (χ0v) is 21.2. The van der Waals surface area contributed by atoms with Crippen molar-refractivity contribution in [1.29, 1.82) is 0 Å². The van der Waals surface area contributed by atoms with E-state index in [-0.39, 0.29) is 10.7 Å². The van der Waals surface area contributed by atoms with Crippen molar-refractivity contribution in [3.8, 4) is 5.69 Å². The molecule has 0 radical (unpaired) electrons. The Bertz CT molecular complexity index is 1320. The Morgan fingerprint density at radius 3 is 2.47 bits per heavy atom. The van der Waals surface area contributed by atoms with Gasteiger partial charge in [-0.05, 0) is 116 Å². The molecule has 2 heterocycles. The van der Waals surface area contributed by atoms with Crippen LogP contribution in [-0.4, -0.2) is 21.5 Å². The number of aryl methyl sites for hydroxylation is 3. The molecule has 1 fully saturated rings. The molecule has 2 aromatic carbocycles. The van der Waals surface area contributed by atoms with Gasteiger partial charge in [0.2, 0.25) is 0 Å². The summed E-state index contributed by atoms with van der Waals surface area (Å²) < 4.78 is 3.25. The van der Waals surface area contributed by atoms with E-state index in [4.69, 9.17) is 12.2 Å². The van der Waals surface area contributed by atoms with Crippen LogP contribution in [0.5, 0.6) is 0 Å². The first-order valence-corrected chi connectivity index (χ1v) is 11.6. The molecule has 0 unspecified atom stereocenters. The number of hydrogen-bond donors (Lipinski definition) is 1. The van der Waals surface area contributed by atoms with Crippen molar-refractivity contribution in [2.75, 3.05) is 4.90 Å². The molecule has 2 amide bonds. The van der Waals surface area contributed by atoms with E-state index in [1.807, 2.05) is 70.2 Å². The average Bonchev–Trinajstić information content (AvgIpc) is 3.00. The number of halogens is 1. The third kappa shape index (κ3) is 4.02. The Hall–Kier alpha value is -2.78. The molecule has 162 valence electrons. The Morgan fingerprint density at radius 1 is 1.00 bits per heavy atom. The number of nitrogens with zero attached hydrogens (tertiary/aromatic N) is 2. The van der Waals surface area contributed by atoms with Crippen LogP contribution >= 0.6 is 34.8 Å². The molecule has 0 atom stereocenters. The van der Waals surface area contributed by atoms with E-state index >= 15 is 0 Å². The van der Waals surface area contributed by atoms with Crippen LogP contribution in [0.3, 0.4) is 0 Å². The van der Waals surface area contributed by atoms with Crippen molar-refractivity contribution in [2.45, 2.75) is 27.7 Å². The third-order valence-corrected chi connectivity index (χ3v) is 6.50. The molecule has 0 bridgehead atoms. The van der Waals surface area contributed by atoms with Crippen LogP contribution in [0.15, 0.2) is 54.1 Å². The Morgan fingerprint density at radius 2 is 1.75 bits per heavy atom. The van der Waals surface area contributed by atoms with E-state index in [1.54, 1.807) is 6.08 Å². The summed E-state index contributed by atoms with van der Waals surface area (Å²) in [5.41, 5.74) is 6.45. The molecule has 0 aliphatic carbocycles. The van der Waals surface area contributed by atoms with E-state index in [1.165, 1.54) is 4.90 Å². The maximum atomic E-state index is 13.4. The van der Waals surface area contributed by atoms with Gasteiger partial charge in [-0.25, -0.2) is 0 Å². The number of aromatic nitrogens is 1. The number of benzene rings is 2. The molecule has 7 heteroatoms. The molecule has 1 saturated heterocycles. The van der Waals surface area contributed by atoms with Crippen LogP contribution in [0.2, 0.25) is 0 Å². The molecule has 1 aromatic heterocycles. The number of carbonyl (C=O) groups is 2. The minimum atomic E-state index is -0.486. The van der Waals surface area contributed by atoms with Crippen molar-refractivity contribution in [2.24, 2.45) is 0 Å². The van der Waals surface area contributed by atoms with Gasteiger partial charge in [0.25, 0.3) is 11.8 Å². The zero-order chi connectivity index (χ0) is 23.2. The molecule has 1 aliphatic rings. The highest BCUT2D eigenvalue weighted by atomic mass is 127. The summed E-state index contributed by atoms with van der Waals surface area (Å²) >= 11 is 7.64. The molecule has 32 heavy (non-hydrogen) atoms. The first-order chi connectivity index (χ1) is 15.2. The van der Waals surface area contributed by atoms with Crippen LogP contribution in [-0.2, 0) is 9.59 Å². The first kappa shape index (κ1) is 22.4. The fourth-order valence-corrected chi connectivity index (χ4v) is 4.74. The van der Waals surface area contributed by atoms with Crippen molar-refractivity contribution < 1.29 is 9.59 Å². The normalized spacial score (nSPS) is 15.5. The molecule has 0 saturated carbocycles. The largest absolute Gasteiger partial charge is 0.318 e. The van der Waals surface area contributed by atoms with Crippen molar-refractivity contribution in [3.05, 3.63) is 85.8 Å². The van der Waals surface area contributed by atoms with E-state index in [2.05, 4.69) is 38.5 Å². The summed E-state index contributed by atoms with van der Waals surface area (Å²) in [4.78, 5) is 27.6. The van der Waals surface area contributed by atoms with Gasteiger partial charge in [0.15, 0.2) is 5.11 Å². The summed E-state index contributed by atoms with van der Waals surface area (Å²) in [6.07, 6.45) is 1.66. The number of amides is 2. The number of anilines is 1. The lowest BCUT2D eigenvalue weighted by molar-refractivity contribution is -0.122. The predicted molar refractivity (Wildman–Crippen MR) is 140 cm³/mol. The van der Waals surface area contributed by atoms with Crippen molar-refractivity contribution >= 4 is 63.5 Å². The molecular formula is C25H22IN3O2S. The maximum Gasteiger partial charge on any atom is 0.270 e. The lowest BCUT2D eigenvalue weighted by atomic mass is 10.0. The minimum absolute atomic E-state index is 0.0578. The Labute approximate surface area is 206 Å². The number of carbonyl (C=O) groups excluding carboxylic acids is 2. The quantitative estimate of drug-likeness (QED) is 0.211. The van der Waals surface area contributed by atoms with Crippen molar-refractivity contribution in [1.82, 2.24) is 9.88 Å². The molecule has 5 nitrogen and oxygen atoms in total. The lowest BCUT2D eigenvalue weighted by Crippen LogP contribution is -2.54. The van der Waals surface area contributed by atoms with Crippen LogP contribution in [0, 0.1) is 31.3 Å². The first-order valence-electron chi connectivity index (χ1n) is 10.1. The Balaban J connectivity index is 1.79. The van der Waals surface area contributed by atoms with E-state index < -0.39 is 11.8 Å². The second-order valence-corrected chi connectivity index (χ2v) is 9.52. The monoisotopic (exact) mass is 555 g/mol. The maximum absolute atomic E-state index is 13.4. The SMILES string of the molecule is Cc1ccc(C)c(N2C(=O)/C(=C/c3cc(C)n(-c4cccc(I)c4)c3C)C(=O)NC2=S)c1. The topological polar surface area (TPSA) is 54.3 Å². The van der Waals surface area contributed by atoms with Crippen LogP contribution < -0.4 is 10.2 Å². The van der Waals surface area contributed by atoms with Crippen LogP contribution in [0.25, 0.3) is 11.8 Å². The summed E-state index contributed by atoms with van der Waals surface area (Å²) in [6.45, 7) is 7.86. The predicted octanol–water partition coefficient (Wildman–Crippen LogP) is 5.15. The van der Waals surface area contributed by atoms with E-state index in [0.717, 1.165) is 37.3 Å². The van der Waals surface area contributed by atoms with Gasteiger partial charge in [-0.2, -0.15) is 0 Å². The Kier molecular flexibility index (Phi) is 6.05. The number of rotatable bonds is 3. The van der Waals surface area contributed by atoms with E-state index in [0.29, 0.717) is 5.69 Å². The number of thiocarbonyl (C=S) groups is 1. The summed E-state index contributed by atoms with van der Waals surface area (Å²) in [5.74, 6) is -0.910. The second kappa shape index (κ2) is 8.63. The molecule has 1 N–H and O–H groups in total. The van der Waals surface area contributed by atoms with Gasteiger partial charge in [0.05, 0.1) is 5.69 Å². The number of hydrogen-bond acceptors (Lipinski definition) is 3. The summed E-state index contributed by atoms with van der Waals surface area (Å²) in [6, 6.07) is 16.0. The highest BCUT2D eigenvalue weighted by Crippen LogP contribution is 2.28. The highest BCUT2D eigenvalue weighted by molar-refractivity contribution is 14.1. The zero-order valence-electron chi connectivity index (χ0n) is 18.2. The van der Waals surface area contributed by atoms with Gasteiger partial charge < -0.3 is 4.57 Å². The summed E-state index contributed by atoms with van der Waals surface area (Å²) in [7, 11) is 0. The molecule has 3 aromatic rings. The van der Waals surface area contributed by atoms with Gasteiger partial charge in [-0.3, -0.25) is 19.8 Å². The molecule has 0 spiro atoms. The third-order valence-electron chi connectivity index (χ3n) is 5.54. The van der Waals surface area contributed by atoms with E-state index in [9.17, 15) is 9.59 Å². The molecule has 4 rings (SSSR count).